The molecule has 3 N–H and O–H groups in total. The molecule has 1 aliphatic heterocycles. The summed E-state index contributed by atoms with van der Waals surface area (Å²) in [7, 11) is 0. The predicted molar refractivity (Wildman–Crippen MR) is 305 cm³/mol. The number of aliphatic hydroxyl groups excluding tert-OH is 1. The Labute approximate surface area is 472 Å². The predicted octanol–water partition coefficient (Wildman–Crippen LogP) is 7.04. The first-order valence-electron chi connectivity index (χ1n) is 24.9. The van der Waals surface area contributed by atoms with Crippen LogP contribution in [0.5, 0.6) is 11.6 Å². The van der Waals surface area contributed by atoms with Gasteiger partial charge in [-0.05, 0) is 128 Å². The number of anilines is 2. The van der Waals surface area contributed by atoms with Crippen LogP contribution in [0.3, 0.4) is 0 Å². The van der Waals surface area contributed by atoms with E-state index in [0.29, 0.717) is 74.9 Å². The second-order valence-corrected chi connectivity index (χ2v) is 19.4. The van der Waals surface area contributed by atoms with Gasteiger partial charge in [0.15, 0.2) is 6.29 Å². The van der Waals surface area contributed by atoms with Crippen molar-refractivity contribution in [2.24, 2.45) is 0 Å². The Morgan fingerprint density at radius 2 is 1.20 bits per heavy atom. The van der Waals surface area contributed by atoms with Crippen molar-refractivity contribution < 1.29 is 19.3 Å². The zero-order valence-electron chi connectivity index (χ0n) is 43.6. The Hall–Kier alpha value is -8.31. The van der Waals surface area contributed by atoms with E-state index in [9.17, 15) is 33.9 Å². The molecule has 8 aromatic rings. The van der Waals surface area contributed by atoms with Gasteiger partial charge in [0, 0.05) is 39.6 Å². The zero-order valence-corrected chi connectivity index (χ0v) is 45.9. The third-order valence-electron chi connectivity index (χ3n) is 11.9. The average molecular weight is 1150 g/mol. The molecular formula is C56H56Cl3N11O10. The summed E-state index contributed by atoms with van der Waals surface area (Å²) in [4.78, 5) is 91.6. The number of pyridine rings is 1. The fourth-order valence-corrected chi connectivity index (χ4v) is 8.13. The van der Waals surface area contributed by atoms with Gasteiger partial charge in [0.1, 0.15) is 17.4 Å². The number of rotatable bonds is 18. The van der Waals surface area contributed by atoms with Crippen LogP contribution >= 0.6 is 34.8 Å². The second kappa shape index (κ2) is 28.5. The lowest BCUT2D eigenvalue weighted by molar-refractivity contribution is -0.157. The van der Waals surface area contributed by atoms with Gasteiger partial charge in [-0.3, -0.25) is 18.7 Å². The number of H-pyrrole nitrogens is 1. The van der Waals surface area contributed by atoms with E-state index in [1.165, 1.54) is 13.7 Å². The van der Waals surface area contributed by atoms with Gasteiger partial charge in [-0.25, -0.2) is 42.9 Å². The Morgan fingerprint density at radius 1 is 0.662 bits per heavy atom. The fourth-order valence-electron chi connectivity index (χ4n) is 7.75. The molecule has 9 rings (SSSR count). The van der Waals surface area contributed by atoms with Crippen molar-refractivity contribution in [3.8, 4) is 11.6 Å². The Balaban J connectivity index is 0.000000184. The minimum atomic E-state index is -0.755. The van der Waals surface area contributed by atoms with Crippen LogP contribution in [-0.4, -0.2) is 79.0 Å². The molecule has 0 amide bonds. The number of aromatic amines is 1. The monoisotopic (exact) mass is 1150 g/mol. The third-order valence-corrected chi connectivity index (χ3v) is 12.7. The molecule has 0 aliphatic carbocycles. The summed E-state index contributed by atoms with van der Waals surface area (Å²) >= 11 is 17.7. The Kier molecular flexibility index (Phi) is 21.2. The minimum Gasteiger partial charge on any atom is -0.439 e. The van der Waals surface area contributed by atoms with Crippen LogP contribution in [0.25, 0.3) is 0 Å². The van der Waals surface area contributed by atoms with Crippen LogP contribution in [0, 0.1) is 13.8 Å². The number of halogens is 3. The van der Waals surface area contributed by atoms with E-state index >= 15 is 0 Å². The second-order valence-electron chi connectivity index (χ2n) is 18.1. The molecule has 1 saturated heterocycles. The number of benzene rings is 4. The molecule has 0 spiro atoms. The maximum absolute atomic E-state index is 13.3. The first kappa shape index (κ1) is 59.4. The summed E-state index contributed by atoms with van der Waals surface area (Å²) in [6, 6.07) is 33.6. The van der Waals surface area contributed by atoms with Crippen molar-refractivity contribution in [1.29, 1.82) is 0 Å². The van der Waals surface area contributed by atoms with E-state index < -0.39 is 34.1 Å². The number of aryl methyl sites for hydroxylation is 2. The third kappa shape index (κ3) is 17.1. The molecule has 4 aromatic carbocycles. The average Bonchev–Trinajstić information content (AvgIpc) is 3.47. The Bertz CT molecular complexity index is 3780. The van der Waals surface area contributed by atoms with Crippen LogP contribution in [0.15, 0.2) is 175 Å². The van der Waals surface area contributed by atoms with E-state index in [1.54, 1.807) is 105 Å². The molecule has 1 aliphatic rings. The quantitative estimate of drug-likeness (QED) is 0.0728. The molecule has 5 heterocycles. The number of ether oxygens (including phenoxy) is 3. The molecular weight excluding hydrogens is 1090 g/mol. The topological polar surface area (TPSA) is 254 Å². The maximum atomic E-state index is 13.3. The highest BCUT2D eigenvalue weighted by molar-refractivity contribution is 6.31. The summed E-state index contributed by atoms with van der Waals surface area (Å²) in [5, 5.41) is 14.2. The highest BCUT2D eigenvalue weighted by Crippen LogP contribution is 2.23. The van der Waals surface area contributed by atoms with Crippen LogP contribution in [0.2, 0.25) is 15.1 Å². The van der Waals surface area contributed by atoms with E-state index in [0.717, 1.165) is 45.1 Å². The summed E-state index contributed by atoms with van der Waals surface area (Å²) in [6.45, 7) is 12.1. The minimum absolute atomic E-state index is 0.0539. The van der Waals surface area contributed by atoms with Gasteiger partial charge in [0.05, 0.1) is 45.9 Å². The lowest BCUT2D eigenvalue weighted by Crippen LogP contribution is -2.43. The van der Waals surface area contributed by atoms with Crippen LogP contribution in [0.4, 0.5) is 11.6 Å². The van der Waals surface area contributed by atoms with Gasteiger partial charge in [0.25, 0.3) is 0 Å². The first-order valence-corrected chi connectivity index (χ1v) is 26.0. The smallest absolute Gasteiger partial charge is 0.355 e. The summed E-state index contributed by atoms with van der Waals surface area (Å²) in [6.07, 6.45) is 4.33. The van der Waals surface area contributed by atoms with Gasteiger partial charge in [-0.15, -0.1) is 0 Å². The molecule has 24 heteroatoms. The molecule has 1 fully saturated rings. The zero-order chi connectivity index (χ0) is 57.3. The highest BCUT2D eigenvalue weighted by Gasteiger charge is 2.18. The van der Waals surface area contributed by atoms with Crippen molar-refractivity contribution in [1.82, 2.24) is 47.8 Å². The molecule has 4 aromatic heterocycles. The van der Waals surface area contributed by atoms with Crippen LogP contribution in [0.1, 0.15) is 47.6 Å². The lowest BCUT2D eigenvalue weighted by atomic mass is 10.2. The SMILES string of the molecule is C=C(CO)Cn1c(=O)nc(Nc2ccc(Oc3ccccn3)cc2)n(Cc2ccc(Cl)cc2)c1=O.C=C(COC1CCCCO1)Cn1c(=O)nc(C)n(Cc2ccc(Cl)cc2)c1=O.Cc1nc(=O)[nH]c(=O)n1Cc1ccc(Cl)cc1. The van der Waals surface area contributed by atoms with E-state index in [4.69, 9.17) is 49.0 Å². The van der Waals surface area contributed by atoms with Gasteiger partial charge in [-0.1, -0.05) is 90.4 Å². The first-order chi connectivity index (χ1) is 38.4. The highest BCUT2D eigenvalue weighted by atomic mass is 35.5. The van der Waals surface area contributed by atoms with E-state index in [1.807, 2.05) is 30.3 Å². The molecule has 0 bridgehead atoms. The number of nitrogens with zero attached hydrogens (tertiary/aromatic N) is 9. The molecule has 0 saturated carbocycles. The van der Waals surface area contributed by atoms with Gasteiger partial charge in [0.2, 0.25) is 11.8 Å². The van der Waals surface area contributed by atoms with Gasteiger partial charge >= 0.3 is 34.1 Å². The molecule has 0 radical (unpaired) electrons. The van der Waals surface area contributed by atoms with Crippen molar-refractivity contribution in [2.75, 3.05) is 25.1 Å². The van der Waals surface area contributed by atoms with Crippen molar-refractivity contribution in [2.45, 2.75) is 72.1 Å². The van der Waals surface area contributed by atoms with Crippen molar-refractivity contribution >= 4 is 46.4 Å². The molecule has 416 valence electrons. The van der Waals surface area contributed by atoms with Gasteiger partial charge in [-0.2, -0.15) is 15.0 Å². The molecule has 21 nitrogen and oxygen atoms in total. The van der Waals surface area contributed by atoms with Crippen LogP contribution < -0.4 is 44.2 Å². The fraction of sp³-hybridized carbons (Fsp3) is 0.250. The maximum Gasteiger partial charge on any atom is 0.355 e. The normalized spacial score (nSPS) is 12.8. The largest absolute Gasteiger partial charge is 0.439 e. The summed E-state index contributed by atoms with van der Waals surface area (Å²) in [5.74, 6) is 1.84. The lowest BCUT2D eigenvalue weighted by Gasteiger charge is -2.23. The molecule has 1 unspecified atom stereocenters. The van der Waals surface area contributed by atoms with Crippen LogP contribution in [-0.2, 0) is 42.2 Å². The van der Waals surface area contributed by atoms with Crippen molar-refractivity contribution in [3.05, 3.63) is 252 Å². The number of nitrogens with one attached hydrogen (secondary N) is 2. The summed E-state index contributed by atoms with van der Waals surface area (Å²) < 4.78 is 23.1. The number of hydrogen-bond donors (Lipinski definition) is 3. The number of aliphatic hydroxyl groups is 1. The van der Waals surface area contributed by atoms with Crippen molar-refractivity contribution in [3.63, 3.8) is 0 Å². The molecule has 80 heavy (non-hydrogen) atoms. The molecule has 1 atom stereocenters. The number of aromatic nitrogens is 10. The standard InChI is InChI=1S/C25H22ClN5O4.C20H24ClN3O4.C11H10ClN3O2/c1-17(16-32)14-31-24(33)29-23(30(25(31)34)15-18-5-7-19(26)8-6-18)28-20-9-11-21(12-10-20)35-22-4-2-3-13-27-22;1-14(13-28-18-5-3-4-10-27-18)11-24-19(25)22-15(2)23(20(24)26)12-16-6-8-17(21)9-7-16;1-7-13-10(16)14-11(17)15(7)6-8-2-4-9(12)5-3-8/h2-13,32H,1,14-16H2,(H,28,29,33);6-9,18H,1,3-5,10-13H2,2H3;2-5H,6H2,1H3,(H,14,16,17). The number of hydrogen-bond acceptors (Lipinski definition) is 15. The van der Waals surface area contributed by atoms with E-state index in [-0.39, 0.29) is 45.1 Å². The van der Waals surface area contributed by atoms with Gasteiger partial charge < -0.3 is 24.6 Å². The Morgan fingerprint density at radius 3 is 1.74 bits per heavy atom. The van der Waals surface area contributed by atoms with E-state index in [2.05, 4.69) is 43.4 Å². The summed E-state index contributed by atoms with van der Waals surface area (Å²) in [5.41, 5.74) is 0.641.